The van der Waals surface area contributed by atoms with Crippen LogP contribution in [0.2, 0.25) is 0 Å². The van der Waals surface area contributed by atoms with Gasteiger partial charge in [-0.25, -0.2) is 0 Å². The molecule has 7 heteroatoms. The van der Waals surface area contributed by atoms with Crippen LogP contribution in [0.4, 0.5) is 5.69 Å². The molecule has 1 heterocycles. The first-order valence-corrected chi connectivity index (χ1v) is 6.85. The summed E-state index contributed by atoms with van der Waals surface area (Å²) in [6.07, 6.45) is -0.0133. The Bertz CT molecular complexity index is 533. The molecule has 1 aliphatic rings. The molecular weight excluding hydrogens is 274 g/mol. The van der Waals surface area contributed by atoms with Crippen LogP contribution in [0.3, 0.4) is 0 Å². The van der Waals surface area contributed by atoms with Gasteiger partial charge in [-0.05, 0) is 12.5 Å². The third kappa shape index (κ3) is 3.99. The van der Waals surface area contributed by atoms with Crippen LogP contribution >= 0.6 is 0 Å². The van der Waals surface area contributed by atoms with Crippen molar-refractivity contribution >= 4 is 11.6 Å². The number of benzene rings is 1. The van der Waals surface area contributed by atoms with Crippen LogP contribution in [0, 0.1) is 10.1 Å². The van der Waals surface area contributed by atoms with Gasteiger partial charge in [0.05, 0.1) is 24.1 Å². The second-order valence-corrected chi connectivity index (χ2v) is 5.21. The fourth-order valence-corrected chi connectivity index (χ4v) is 2.29. The predicted octanol–water partition coefficient (Wildman–Crippen LogP) is 0.712. The molecule has 1 aromatic carbocycles. The first-order chi connectivity index (χ1) is 9.97. The number of hydrogen-bond donors (Lipinski definition) is 1. The number of nitro benzene ring substituents is 1. The summed E-state index contributed by atoms with van der Waals surface area (Å²) in [5.74, 6) is -0.0653. The highest BCUT2D eigenvalue weighted by Crippen LogP contribution is 2.15. The summed E-state index contributed by atoms with van der Waals surface area (Å²) in [5, 5.41) is 10.7. The zero-order valence-corrected chi connectivity index (χ0v) is 11.9. The van der Waals surface area contributed by atoms with Crippen molar-refractivity contribution in [3.63, 3.8) is 0 Å². The topological polar surface area (TPSA) is 98.7 Å². The fourth-order valence-electron chi connectivity index (χ4n) is 2.29. The number of nitrogens with zero attached hydrogens (tertiary/aromatic N) is 2. The van der Waals surface area contributed by atoms with Gasteiger partial charge in [0.2, 0.25) is 5.91 Å². The normalized spacial score (nSPS) is 20.1. The minimum atomic E-state index is -0.463. The Morgan fingerprint density at radius 2 is 2.38 bits per heavy atom. The maximum absolute atomic E-state index is 12.3. The van der Waals surface area contributed by atoms with Crippen LogP contribution in [0.5, 0.6) is 0 Å². The maximum Gasteiger partial charge on any atom is 0.269 e. The van der Waals surface area contributed by atoms with Gasteiger partial charge in [0.25, 0.3) is 5.69 Å². The molecule has 1 aliphatic heterocycles. The molecule has 0 radical (unpaired) electrons. The average Bonchev–Trinajstić information content (AvgIpc) is 2.47. The number of hydrogen-bond acceptors (Lipinski definition) is 5. The van der Waals surface area contributed by atoms with Gasteiger partial charge in [0, 0.05) is 31.3 Å². The minimum Gasteiger partial charge on any atom is -0.373 e. The second kappa shape index (κ2) is 6.64. The van der Waals surface area contributed by atoms with Crippen molar-refractivity contribution in [2.24, 2.45) is 5.73 Å². The molecule has 2 unspecified atom stereocenters. The Kier molecular flexibility index (Phi) is 4.87. The van der Waals surface area contributed by atoms with E-state index in [0.29, 0.717) is 25.3 Å². The standard InChI is InChI=1S/C14H19N3O4/c1-10(15)13-9-16(5-6-21-13)14(18)8-11-3-2-4-12(7-11)17(19)20/h2-4,7,10,13H,5-6,8-9,15H2,1H3. The molecular formula is C14H19N3O4. The molecule has 114 valence electrons. The molecule has 0 spiro atoms. The highest BCUT2D eigenvalue weighted by Gasteiger charge is 2.26. The zero-order valence-electron chi connectivity index (χ0n) is 11.9. The van der Waals surface area contributed by atoms with Gasteiger partial charge in [-0.15, -0.1) is 0 Å². The number of carbonyl (C=O) groups is 1. The van der Waals surface area contributed by atoms with Crippen LogP contribution in [0.15, 0.2) is 24.3 Å². The molecule has 1 amide bonds. The first-order valence-electron chi connectivity index (χ1n) is 6.85. The van der Waals surface area contributed by atoms with Crippen LogP contribution in [0.1, 0.15) is 12.5 Å². The summed E-state index contributed by atoms with van der Waals surface area (Å²) < 4.78 is 5.51. The highest BCUT2D eigenvalue weighted by atomic mass is 16.6. The number of amides is 1. The van der Waals surface area contributed by atoms with Crippen LogP contribution in [0.25, 0.3) is 0 Å². The van der Waals surface area contributed by atoms with E-state index in [1.54, 1.807) is 17.0 Å². The first kappa shape index (κ1) is 15.4. The van der Waals surface area contributed by atoms with E-state index in [0.717, 1.165) is 0 Å². The molecule has 0 aromatic heterocycles. The summed E-state index contributed by atoms with van der Waals surface area (Å²) >= 11 is 0. The summed E-state index contributed by atoms with van der Waals surface area (Å²) in [4.78, 5) is 24.3. The molecule has 2 rings (SSSR count). The monoisotopic (exact) mass is 293 g/mol. The van der Waals surface area contributed by atoms with E-state index in [-0.39, 0.29) is 30.2 Å². The largest absolute Gasteiger partial charge is 0.373 e. The number of nitrogens with two attached hydrogens (primary N) is 1. The van der Waals surface area contributed by atoms with Gasteiger partial charge in [-0.1, -0.05) is 12.1 Å². The van der Waals surface area contributed by atoms with E-state index in [4.69, 9.17) is 10.5 Å². The number of carbonyl (C=O) groups excluding carboxylic acids is 1. The molecule has 2 N–H and O–H groups in total. The van der Waals surface area contributed by atoms with Crippen molar-refractivity contribution in [1.29, 1.82) is 0 Å². The third-order valence-corrected chi connectivity index (χ3v) is 3.51. The van der Waals surface area contributed by atoms with E-state index in [1.807, 2.05) is 6.92 Å². The van der Waals surface area contributed by atoms with Crippen molar-refractivity contribution in [1.82, 2.24) is 4.90 Å². The quantitative estimate of drug-likeness (QED) is 0.651. The van der Waals surface area contributed by atoms with E-state index in [9.17, 15) is 14.9 Å². The third-order valence-electron chi connectivity index (χ3n) is 3.51. The van der Waals surface area contributed by atoms with Gasteiger partial charge >= 0.3 is 0 Å². The summed E-state index contributed by atoms with van der Waals surface area (Å²) in [6, 6.07) is 6.01. The lowest BCUT2D eigenvalue weighted by Crippen LogP contribution is -2.51. The number of morpholine rings is 1. The minimum absolute atomic E-state index is 0.00395. The number of nitro groups is 1. The predicted molar refractivity (Wildman–Crippen MR) is 76.8 cm³/mol. The summed E-state index contributed by atoms with van der Waals surface area (Å²) in [7, 11) is 0. The molecule has 1 fully saturated rings. The van der Waals surface area contributed by atoms with E-state index < -0.39 is 4.92 Å². The van der Waals surface area contributed by atoms with E-state index in [2.05, 4.69) is 0 Å². The van der Waals surface area contributed by atoms with Crippen molar-refractivity contribution in [2.75, 3.05) is 19.7 Å². The molecule has 7 nitrogen and oxygen atoms in total. The lowest BCUT2D eigenvalue weighted by Gasteiger charge is -2.34. The molecule has 1 saturated heterocycles. The molecule has 0 aliphatic carbocycles. The van der Waals surface area contributed by atoms with Gasteiger partial charge < -0.3 is 15.4 Å². The van der Waals surface area contributed by atoms with Crippen LogP contribution in [-0.4, -0.2) is 47.6 Å². The fraction of sp³-hybridized carbons (Fsp3) is 0.500. The van der Waals surface area contributed by atoms with Gasteiger partial charge in [-0.3, -0.25) is 14.9 Å². The van der Waals surface area contributed by atoms with Gasteiger partial charge in [-0.2, -0.15) is 0 Å². The van der Waals surface area contributed by atoms with Crippen molar-refractivity contribution in [2.45, 2.75) is 25.5 Å². The molecule has 0 bridgehead atoms. The lowest BCUT2D eigenvalue weighted by molar-refractivity contribution is -0.384. The Balaban J connectivity index is 2.01. The molecule has 21 heavy (non-hydrogen) atoms. The molecule has 1 aromatic rings. The summed E-state index contributed by atoms with van der Waals surface area (Å²) in [6.45, 7) is 3.30. The highest BCUT2D eigenvalue weighted by molar-refractivity contribution is 5.79. The number of ether oxygens (including phenoxy) is 1. The summed E-state index contributed by atoms with van der Waals surface area (Å²) in [5.41, 5.74) is 6.43. The van der Waals surface area contributed by atoms with Gasteiger partial charge in [0.1, 0.15) is 0 Å². The smallest absolute Gasteiger partial charge is 0.269 e. The Hall–Kier alpha value is -1.99. The van der Waals surface area contributed by atoms with Crippen molar-refractivity contribution in [3.05, 3.63) is 39.9 Å². The average molecular weight is 293 g/mol. The Morgan fingerprint density at radius 1 is 1.62 bits per heavy atom. The lowest BCUT2D eigenvalue weighted by atomic mass is 10.1. The van der Waals surface area contributed by atoms with Crippen molar-refractivity contribution < 1.29 is 14.5 Å². The zero-order chi connectivity index (χ0) is 15.4. The molecule has 0 saturated carbocycles. The van der Waals surface area contributed by atoms with E-state index in [1.165, 1.54) is 12.1 Å². The van der Waals surface area contributed by atoms with Crippen LogP contribution in [-0.2, 0) is 16.0 Å². The SMILES string of the molecule is CC(N)C1CN(C(=O)Cc2cccc([N+](=O)[O-])c2)CCO1. The van der Waals surface area contributed by atoms with E-state index >= 15 is 0 Å². The maximum atomic E-state index is 12.3. The number of rotatable bonds is 4. The Labute approximate surface area is 122 Å². The van der Waals surface area contributed by atoms with Gasteiger partial charge in [0.15, 0.2) is 0 Å². The van der Waals surface area contributed by atoms with Crippen molar-refractivity contribution in [3.8, 4) is 0 Å². The Morgan fingerprint density at radius 3 is 3.05 bits per heavy atom. The second-order valence-electron chi connectivity index (χ2n) is 5.21. The number of non-ortho nitro benzene ring substituents is 1. The van der Waals surface area contributed by atoms with Crippen LogP contribution < -0.4 is 5.73 Å². The molecule has 2 atom stereocenters.